The molecule has 0 amide bonds. The number of fused-ring (bicyclic) bond motifs is 2. The predicted octanol–water partition coefficient (Wildman–Crippen LogP) is 6.36. The third kappa shape index (κ3) is 4.96. The van der Waals surface area contributed by atoms with Gasteiger partial charge in [0.15, 0.2) is 0 Å². The number of ether oxygens (including phenoxy) is 3. The number of esters is 1. The highest BCUT2D eigenvalue weighted by Gasteiger charge is 2.29. The summed E-state index contributed by atoms with van der Waals surface area (Å²) in [5.41, 5.74) is 12.4. The maximum absolute atomic E-state index is 12.5. The van der Waals surface area contributed by atoms with Gasteiger partial charge in [-0.1, -0.05) is 36.4 Å². The monoisotopic (exact) mass is 562 g/mol. The number of rotatable bonds is 9. The van der Waals surface area contributed by atoms with E-state index in [2.05, 4.69) is 40.0 Å². The molecule has 1 aliphatic heterocycles. The molecule has 0 radical (unpaired) electrons. The smallest absolute Gasteiger partial charge is 0.310 e. The molecule has 2 aliphatic rings. The third-order valence-electron chi connectivity index (χ3n) is 8.36. The van der Waals surface area contributed by atoms with E-state index in [9.17, 15) is 4.79 Å². The Bertz CT molecular complexity index is 1790. The molecule has 8 nitrogen and oxygen atoms in total. The maximum Gasteiger partial charge on any atom is 0.310 e. The first-order valence-electron chi connectivity index (χ1n) is 14.7. The summed E-state index contributed by atoms with van der Waals surface area (Å²) in [4.78, 5) is 16.8. The molecule has 0 bridgehead atoms. The number of anilines is 1. The van der Waals surface area contributed by atoms with Crippen LogP contribution in [0.3, 0.4) is 0 Å². The number of nitrogens with zero attached hydrogens (tertiary/aromatic N) is 3. The van der Waals surface area contributed by atoms with Crippen molar-refractivity contribution in [1.29, 1.82) is 0 Å². The first kappa shape index (κ1) is 26.5. The molecule has 2 aromatic heterocycles. The molecule has 3 aromatic carbocycles. The highest BCUT2D eigenvalue weighted by atomic mass is 16.5. The van der Waals surface area contributed by atoms with Gasteiger partial charge in [-0.05, 0) is 78.4 Å². The zero-order valence-electron chi connectivity index (χ0n) is 23.7. The summed E-state index contributed by atoms with van der Waals surface area (Å²) < 4.78 is 19.6. The van der Waals surface area contributed by atoms with E-state index in [1.54, 1.807) is 6.20 Å². The van der Waals surface area contributed by atoms with Crippen molar-refractivity contribution in [1.82, 2.24) is 14.8 Å². The van der Waals surface area contributed by atoms with Gasteiger partial charge in [0.1, 0.15) is 23.9 Å². The average molecular weight is 563 g/mol. The van der Waals surface area contributed by atoms with Crippen molar-refractivity contribution in [3.8, 4) is 16.9 Å². The van der Waals surface area contributed by atoms with Crippen molar-refractivity contribution in [3.63, 3.8) is 0 Å². The van der Waals surface area contributed by atoms with Crippen LogP contribution in [0.25, 0.3) is 32.8 Å². The van der Waals surface area contributed by atoms with Gasteiger partial charge in [-0.3, -0.25) is 9.48 Å². The van der Waals surface area contributed by atoms with Gasteiger partial charge in [0, 0.05) is 29.1 Å². The number of carbonyl (C=O) groups is 1. The standard InChI is InChI=1S/C34H34N4O4/c1-2-41-33(39)18-28-24(21-9-10-21)6-4-8-32(28)42-20-30-29-17-22(11-12-31(29)38(37-30)23-14-16-40-19-23)25-5-3-7-27-26(25)13-15-36-34(27)35/h3-8,11-13,15,17,21,23H,2,9-10,14,16,18-20H2,1H3,(H2,35,36). The second-order valence-electron chi connectivity index (χ2n) is 11.1. The molecule has 1 saturated carbocycles. The fourth-order valence-corrected chi connectivity index (χ4v) is 6.14. The van der Waals surface area contributed by atoms with E-state index >= 15 is 0 Å². The number of carbonyl (C=O) groups excluding carboxylic acids is 1. The van der Waals surface area contributed by atoms with Crippen LogP contribution in [0.2, 0.25) is 0 Å². The first-order chi connectivity index (χ1) is 20.6. The van der Waals surface area contributed by atoms with E-state index in [0.717, 1.165) is 69.9 Å². The van der Waals surface area contributed by atoms with Crippen molar-refractivity contribution in [2.45, 2.75) is 51.2 Å². The second-order valence-corrected chi connectivity index (χ2v) is 11.1. The fourth-order valence-electron chi connectivity index (χ4n) is 6.14. The van der Waals surface area contributed by atoms with E-state index in [-0.39, 0.29) is 25.0 Å². The summed E-state index contributed by atoms with van der Waals surface area (Å²) in [7, 11) is 0. The zero-order chi connectivity index (χ0) is 28.6. The largest absolute Gasteiger partial charge is 0.487 e. The maximum atomic E-state index is 12.5. The SMILES string of the molecule is CCOC(=O)Cc1c(OCc2nn(C3CCOC3)c3ccc(-c4cccc5c(N)nccc45)cc23)cccc1C1CC1. The molecule has 1 unspecified atom stereocenters. The van der Waals surface area contributed by atoms with Gasteiger partial charge >= 0.3 is 5.97 Å². The van der Waals surface area contributed by atoms with E-state index < -0.39 is 0 Å². The molecule has 1 saturated heterocycles. The molecule has 8 heteroatoms. The molecule has 7 rings (SSSR count). The van der Waals surface area contributed by atoms with E-state index in [4.69, 9.17) is 25.0 Å². The fraction of sp³-hybridized carbons (Fsp3) is 0.324. The van der Waals surface area contributed by atoms with Crippen LogP contribution in [-0.2, 0) is 27.3 Å². The van der Waals surface area contributed by atoms with Crippen molar-refractivity contribution >= 4 is 33.5 Å². The van der Waals surface area contributed by atoms with Crippen molar-refractivity contribution in [2.24, 2.45) is 0 Å². The van der Waals surface area contributed by atoms with Gasteiger partial charge < -0.3 is 19.9 Å². The van der Waals surface area contributed by atoms with Gasteiger partial charge in [-0.15, -0.1) is 0 Å². The quantitative estimate of drug-likeness (QED) is 0.209. The molecule has 2 N–H and O–H groups in total. The molecular formula is C34H34N4O4. The van der Waals surface area contributed by atoms with Crippen molar-refractivity contribution in [3.05, 3.63) is 83.7 Å². The summed E-state index contributed by atoms with van der Waals surface area (Å²) >= 11 is 0. The number of nitrogens with two attached hydrogens (primary N) is 1. The number of hydrogen-bond acceptors (Lipinski definition) is 7. The van der Waals surface area contributed by atoms with Crippen LogP contribution in [0.4, 0.5) is 5.82 Å². The highest BCUT2D eigenvalue weighted by Crippen LogP contribution is 2.44. The van der Waals surface area contributed by atoms with Crippen LogP contribution in [-0.4, -0.2) is 40.6 Å². The lowest BCUT2D eigenvalue weighted by Crippen LogP contribution is -2.12. The minimum absolute atomic E-state index is 0.174. The highest BCUT2D eigenvalue weighted by molar-refractivity contribution is 6.02. The van der Waals surface area contributed by atoms with Gasteiger partial charge in [-0.25, -0.2) is 4.98 Å². The van der Waals surface area contributed by atoms with Gasteiger partial charge in [0.25, 0.3) is 0 Å². The summed E-state index contributed by atoms with van der Waals surface area (Å²) in [5, 5.41) is 8.10. The Kier molecular flexibility index (Phi) is 6.99. The van der Waals surface area contributed by atoms with Crippen LogP contribution in [0.1, 0.15) is 55.0 Å². The Morgan fingerprint density at radius 2 is 1.93 bits per heavy atom. The first-order valence-corrected chi connectivity index (χ1v) is 14.7. The Labute approximate surface area is 244 Å². The summed E-state index contributed by atoms with van der Waals surface area (Å²) in [6.07, 6.45) is 5.14. The Morgan fingerprint density at radius 1 is 1.05 bits per heavy atom. The lowest BCUT2D eigenvalue weighted by Gasteiger charge is -2.15. The molecule has 42 heavy (non-hydrogen) atoms. The number of aromatic nitrogens is 3. The normalized spacial score (nSPS) is 16.7. The summed E-state index contributed by atoms with van der Waals surface area (Å²) in [5.74, 6) is 1.48. The van der Waals surface area contributed by atoms with Crippen LogP contribution in [0, 0.1) is 0 Å². The van der Waals surface area contributed by atoms with Crippen molar-refractivity contribution < 1.29 is 19.0 Å². The van der Waals surface area contributed by atoms with E-state index in [0.29, 0.717) is 30.7 Å². The Morgan fingerprint density at radius 3 is 2.74 bits per heavy atom. The molecule has 1 aliphatic carbocycles. The Hall–Kier alpha value is -4.43. The Balaban J connectivity index is 1.28. The molecule has 1 atom stereocenters. The minimum atomic E-state index is -0.234. The van der Waals surface area contributed by atoms with E-state index in [1.807, 2.05) is 37.3 Å². The van der Waals surface area contributed by atoms with Crippen LogP contribution in [0.15, 0.2) is 66.9 Å². The lowest BCUT2D eigenvalue weighted by atomic mass is 9.97. The molecule has 214 valence electrons. The molecule has 2 fully saturated rings. The molecule has 0 spiro atoms. The van der Waals surface area contributed by atoms with Crippen LogP contribution in [0.5, 0.6) is 5.75 Å². The van der Waals surface area contributed by atoms with Crippen LogP contribution < -0.4 is 10.5 Å². The van der Waals surface area contributed by atoms with Gasteiger partial charge in [-0.2, -0.15) is 5.10 Å². The predicted molar refractivity (Wildman–Crippen MR) is 162 cm³/mol. The topological polar surface area (TPSA) is 101 Å². The van der Waals surface area contributed by atoms with Gasteiger partial charge in [0.2, 0.25) is 0 Å². The number of nitrogen functional groups attached to an aromatic ring is 1. The number of hydrogen-bond donors (Lipinski definition) is 1. The average Bonchev–Trinajstić information content (AvgIpc) is 3.57. The third-order valence-corrected chi connectivity index (χ3v) is 8.36. The summed E-state index contributed by atoms with van der Waals surface area (Å²) in [6.45, 7) is 3.83. The molecular weight excluding hydrogens is 528 g/mol. The van der Waals surface area contributed by atoms with E-state index in [1.165, 1.54) is 5.56 Å². The minimum Gasteiger partial charge on any atom is -0.487 e. The molecule has 5 aromatic rings. The summed E-state index contributed by atoms with van der Waals surface area (Å²) in [6, 6.07) is 20.9. The number of benzene rings is 3. The second kappa shape index (κ2) is 11.1. The number of pyridine rings is 1. The van der Waals surface area contributed by atoms with Gasteiger partial charge in [0.05, 0.1) is 31.2 Å². The lowest BCUT2D eigenvalue weighted by molar-refractivity contribution is -0.142. The van der Waals surface area contributed by atoms with Crippen LogP contribution >= 0.6 is 0 Å². The zero-order valence-corrected chi connectivity index (χ0v) is 23.7. The van der Waals surface area contributed by atoms with Crippen molar-refractivity contribution in [2.75, 3.05) is 25.6 Å². The molecule has 3 heterocycles.